The normalized spacial score (nSPS) is 16.2. The number of aromatic nitrogens is 2. The maximum atomic E-state index is 9.52. The van der Waals surface area contributed by atoms with Crippen molar-refractivity contribution in [2.75, 3.05) is 46.1 Å². The Balaban J connectivity index is 0.00000320. The number of guanidine groups is 1. The molecule has 0 spiro atoms. The molecule has 3 N–H and O–H groups in total. The van der Waals surface area contributed by atoms with E-state index in [0.29, 0.717) is 23.7 Å². The first-order chi connectivity index (χ1) is 14.2. The van der Waals surface area contributed by atoms with Crippen molar-refractivity contribution < 1.29 is 4.74 Å². The molecule has 9 heteroatoms. The van der Waals surface area contributed by atoms with Crippen molar-refractivity contribution in [3.63, 3.8) is 0 Å². The molecular formula is C21H30IN7O. The SMILES string of the molecule is CN=C(NCCCc1nn(-c2ccccc2)c(N)c1C#N)N1CCC(COC)C1.I. The molecule has 0 radical (unpaired) electrons. The van der Waals surface area contributed by atoms with Gasteiger partial charge in [-0.05, 0) is 31.4 Å². The first-order valence-corrected chi connectivity index (χ1v) is 9.95. The van der Waals surface area contributed by atoms with E-state index in [1.165, 1.54) is 0 Å². The van der Waals surface area contributed by atoms with Gasteiger partial charge in [0.2, 0.25) is 0 Å². The number of halogens is 1. The number of hydrogen-bond acceptors (Lipinski definition) is 5. The van der Waals surface area contributed by atoms with E-state index in [9.17, 15) is 5.26 Å². The molecule has 0 aliphatic carbocycles. The lowest BCUT2D eigenvalue weighted by Crippen LogP contribution is -2.40. The summed E-state index contributed by atoms with van der Waals surface area (Å²) in [7, 11) is 3.55. The van der Waals surface area contributed by atoms with Crippen LogP contribution < -0.4 is 11.1 Å². The monoisotopic (exact) mass is 523 g/mol. The standard InChI is InChI=1S/C21H29N7O.HI/c1-24-21(27-12-10-16(14-27)15-29-2)25-11-6-9-19-18(13-22)20(23)28(26-19)17-7-4-3-5-8-17;/h3-5,7-8,16H,6,9-12,14-15,23H2,1-2H3,(H,24,25);1H. The number of nitrogens with zero attached hydrogens (tertiary/aromatic N) is 5. The summed E-state index contributed by atoms with van der Waals surface area (Å²) in [6, 6.07) is 11.8. The van der Waals surface area contributed by atoms with Gasteiger partial charge in [0.05, 0.1) is 18.0 Å². The van der Waals surface area contributed by atoms with Gasteiger partial charge in [-0.25, -0.2) is 4.68 Å². The van der Waals surface area contributed by atoms with Gasteiger partial charge in [-0.2, -0.15) is 10.4 Å². The summed E-state index contributed by atoms with van der Waals surface area (Å²) in [5, 5.41) is 17.5. The zero-order valence-electron chi connectivity index (χ0n) is 17.5. The summed E-state index contributed by atoms with van der Waals surface area (Å²) in [6.45, 7) is 3.49. The lowest BCUT2D eigenvalue weighted by molar-refractivity contribution is 0.157. The molecule has 0 amide bonds. The third kappa shape index (κ3) is 5.64. The fourth-order valence-corrected chi connectivity index (χ4v) is 3.73. The van der Waals surface area contributed by atoms with Crippen LogP contribution in [-0.4, -0.2) is 61.0 Å². The highest BCUT2D eigenvalue weighted by atomic mass is 127. The fourth-order valence-electron chi connectivity index (χ4n) is 3.73. The van der Waals surface area contributed by atoms with Crippen LogP contribution in [0.1, 0.15) is 24.1 Å². The molecule has 1 aromatic carbocycles. The van der Waals surface area contributed by atoms with Crippen molar-refractivity contribution in [2.24, 2.45) is 10.9 Å². The van der Waals surface area contributed by atoms with Crippen molar-refractivity contribution in [3.05, 3.63) is 41.6 Å². The average molecular weight is 523 g/mol. The summed E-state index contributed by atoms with van der Waals surface area (Å²) in [5.74, 6) is 1.86. The quantitative estimate of drug-likeness (QED) is 0.250. The van der Waals surface area contributed by atoms with Crippen LogP contribution in [0.2, 0.25) is 0 Å². The first kappa shape index (κ1) is 24.0. The second-order valence-corrected chi connectivity index (χ2v) is 7.20. The Kier molecular flexibility index (Phi) is 9.39. The Morgan fingerprint density at radius 2 is 2.17 bits per heavy atom. The van der Waals surface area contributed by atoms with Crippen LogP contribution in [0, 0.1) is 17.2 Å². The lowest BCUT2D eigenvalue weighted by atomic mass is 10.1. The molecule has 1 aliphatic heterocycles. The summed E-state index contributed by atoms with van der Waals surface area (Å²) < 4.78 is 6.91. The fraction of sp³-hybridized carbons (Fsp3) is 0.476. The summed E-state index contributed by atoms with van der Waals surface area (Å²) in [6.07, 6.45) is 2.62. The number of nitrogens with one attached hydrogen (secondary N) is 1. The molecule has 8 nitrogen and oxygen atoms in total. The molecule has 0 saturated carbocycles. The van der Waals surface area contributed by atoms with Gasteiger partial charge in [-0.1, -0.05) is 18.2 Å². The van der Waals surface area contributed by atoms with Gasteiger partial charge in [0.15, 0.2) is 5.96 Å². The highest BCUT2D eigenvalue weighted by Crippen LogP contribution is 2.21. The van der Waals surface area contributed by atoms with E-state index < -0.39 is 0 Å². The topological polar surface area (TPSA) is 104 Å². The number of rotatable bonds is 7. The highest BCUT2D eigenvalue weighted by molar-refractivity contribution is 14.0. The number of aliphatic imine (C=N–C) groups is 1. The zero-order chi connectivity index (χ0) is 20.6. The van der Waals surface area contributed by atoms with E-state index in [1.54, 1.807) is 11.8 Å². The maximum Gasteiger partial charge on any atom is 0.193 e. The van der Waals surface area contributed by atoms with Gasteiger partial charge >= 0.3 is 0 Å². The molecule has 1 unspecified atom stereocenters. The molecule has 1 atom stereocenters. The van der Waals surface area contributed by atoms with Crippen molar-refractivity contribution in [1.29, 1.82) is 5.26 Å². The van der Waals surface area contributed by atoms with Crippen LogP contribution in [0.3, 0.4) is 0 Å². The Labute approximate surface area is 195 Å². The number of nitriles is 1. The number of nitrogen functional groups attached to an aromatic ring is 1. The zero-order valence-corrected chi connectivity index (χ0v) is 19.9. The molecule has 2 heterocycles. The Morgan fingerprint density at radius 3 is 2.83 bits per heavy atom. The molecule has 2 aromatic rings. The van der Waals surface area contributed by atoms with E-state index in [2.05, 4.69) is 26.4 Å². The molecule has 1 saturated heterocycles. The van der Waals surface area contributed by atoms with E-state index in [4.69, 9.17) is 10.5 Å². The van der Waals surface area contributed by atoms with E-state index in [1.807, 2.05) is 37.4 Å². The molecule has 30 heavy (non-hydrogen) atoms. The van der Waals surface area contributed by atoms with Crippen LogP contribution in [-0.2, 0) is 11.2 Å². The van der Waals surface area contributed by atoms with Crippen LogP contribution in [0.4, 0.5) is 5.82 Å². The molecule has 162 valence electrons. The number of hydrogen-bond donors (Lipinski definition) is 2. The second kappa shape index (κ2) is 11.8. The van der Waals surface area contributed by atoms with Gasteiger partial charge in [0.25, 0.3) is 0 Å². The minimum absolute atomic E-state index is 0. The minimum atomic E-state index is 0. The van der Waals surface area contributed by atoms with Crippen molar-refractivity contribution in [3.8, 4) is 11.8 Å². The molecule has 1 aliphatic rings. The number of aryl methyl sites for hydroxylation is 1. The van der Waals surface area contributed by atoms with Gasteiger partial charge in [0.1, 0.15) is 17.5 Å². The Bertz CT molecular complexity index is 875. The summed E-state index contributed by atoms with van der Waals surface area (Å²) in [4.78, 5) is 6.67. The van der Waals surface area contributed by atoms with Crippen molar-refractivity contribution in [1.82, 2.24) is 20.0 Å². The van der Waals surface area contributed by atoms with E-state index in [-0.39, 0.29) is 24.0 Å². The van der Waals surface area contributed by atoms with Crippen LogP contribution in [0.5, 0.6) is 0 Å². The highest BCUT2D eigenvalue weighted by Gasteiger charge is 2.24. The summed E-state index contributed by atoms with van der Waals surface area (Å²) in [5.41, 5.74) is 8.21. The van der Waals surface area contributed by atoms with Crippen LogP contribution >= 0.6 is 24.0 Å². The Hall–Kier alpha value is -2.32. The number of benzene rings is 1. The van der Waals surface area contributed by atoms with Gasteiger partial charge < -0.3 is 20.7 Å². The molecule has 1 fully saturated rings. The van der Waals surface area contributed by atoms with Gasteiger partial charge in [-0.3, -0.25) is 4.99 Å². The number of para-hydroxylation sites is 1. The number of anilines is 1. The van der Waals surface area contributed by atoms with Gasteiger partial charge in [0, 0.05) is 39.7 Å². The number of likely N-dealkylation sites (tertiary alicyclic amines) is 1. The summed E-state index contributed by atoms with van der Waals surface area (Å²) >= 11 is 0. The number of ether oxygens (including phenoxy) is 1. The van der Waals surface area contributed by atoms with E-state index >= 15 is 0 Å². The second-order valence-electron chi connectivity index (χ2n) is 7.20. The first-order valence-electron chi connectivity index (χ1n) is 9.95. The van der Waals surface area contributed by atoms with Crippen LogP contribution in [0.25, 0.3) is 5.69 Å². The molecule has 3 rings (SSSR count). The smallest absolute Gasteiger partial charge is 0.193 e. The third-order valence-corrected chi connectivity index (χ3v) is 5.18. The largest absolute Gasteiger partial charge is 0.384 e. The Morgan fingerprint density at radius 1 is 1.40 bits per heavy atom. The number of methoxy groups -OCH3 is 1. The van der Waals surface area contributed by atoms with E-state index in [0.717, 1.165) is 56.4 Å². The minimum Gasteiger partial charge on any atom is -0.384 e. The predicted molar refractivity (Wildman–Crippen MR) is 129 cm³/mol. The molecule has 0 bridgehead atoms. The molecule has 1 aromatic heterocycles. The average Bonchev–Trinajstić information content (AvgIpc) is 3.33. The van der Waals surface area contributed by atoms with Crippen LogP contribution in [0.15, 0.2) is 35.3 Å². The maximum absolute atomic E-state index is 9.52. The van der Waals surface area contributed by atoms with Gasteiger partial charge in [-0.15, -0.1) is 24.0 Å². The lowest BCUT2D eigenvalue weighted by Gasteiger charge is -2.21. The third-order valence-electron chi connectivity index (χ3n) is 5.18. The molecular weight excluding hydrogens is 493 g/mol. The van der Waals surface area contributed by atoms with Crippen molar-refractivity contribution >= 4 is 35.8 Å². The predicted octanol–water partition coefficient (Wildman–Crippen LogP) is 2.42. The number of nitrogens with two attached hydrogens (primary N) is 1. The van der Waals surface area contributed by atoms with Crippen molar-refractivity contribution in [2.45, 2.75) is 19.3 Å².